The average molecular weight is 370 g/mol. The van der Waals surface area contributed by atoms with Gasteiger partial charge in [0.15, 0.2) is 0 Å². The highest BCUT2D eigenvalue weighted by Crippen LogP contribution is 2.24. The molecular formula is C18H25ClFN3O2. The Morgan fingerprint density at radius 3 is 2.72 bits per heavy atom. The zero-order chi connectivity index (χ0) is 18.6. The van der Waals surface area contributed by atoms with Crippen molar-refractivity contribution in [2.45, 2.75) is 19.9 Å². The fourth-order valence-corrected chi connectivity index (χ4v) is 3.18. The summed E-state index contributed by atoms with van der Waals surface area (Å²) in [6, 6.07) is 4.49. The van der Waals surface area contributed by atoms with Crippen molar-refractivity contribution in [1.29, 1.82) is 0 Å². The number of hydrogen-bond donors (Lipinski definition) is 0. The molecule has 1 atom stereocenters. The number of hydrogen-bond acceptors (Lipinski definition) is 3. The van der Waals surface area contributed by atoms with Crippen LogP contribution in [-0.4, -0.2) is 66.8 Å². The van der Waals surface area contributed by atoms with Crippen molar-refractivity contribution >= 4 is 23.4 Å². The van der Waals surface area contributed by atoms with E-state index in [9.17, 15) is 14.0 Å². The topological polar surface area (TPSA) is 43.9 Å². The molecule has 1 aromatic carbocycles. The van der Waals surface area contributed by atoms with Crippen LogP contribution >= 0.6 is 11.6 Å². The number of carbonyl (C=O) groups excluding carboxylic acids is 2. The molecule has 1 saturated heterocycles. The van der Waals surface area contributed by atoms with Crippen LogP contribution in [0.1, 0.15) is 18.9 Å². The lowest BCUT2D eigenvalue weighted by atomic mass is 10.1. The maximum Gasteiger partial charge on any atom is 0.228 e. The highest BCUT2D eigenvalue weighted by molar-refractivity contribution is 6.31. The third kappa shape index (κ3) is 4.92. The summed E-state index contributed by atoms with van der Waals surface area (Å²) < 4.78 is 14.0. The molecule has 0 spiro atoms. The van der Waals surface area contributed by atoms with Gasteiger partial charge in [0.1, 0.15) is 5.82 Å². The predicted molar refractivity (Wildman–Crippen MR) is 95.7 cm³/mol. The number of likely N-dealkylation sites (N-methyl/N-ethyl adjacent to an activating group) is 1. The highest BCUT2D eigenvalue weighted by atomic mass is 35.5. The Hall–Kier alpha value is -1.66. The summed E-state index contributed by atoms with van der Waals surface area (Å²) in [5.41, 5.74) is 0.313. The van der Waals surface area contributed by atoms with Crippen molar-refractivity contribution < 1.29 is 14.0 Å². The molecule has 1 heterocycles. The van der Waals surface area contributed by atoms with Crippen molar-refractivity contribution in [3.63, 3.8) is 0 Å². The van der Waals surface area contributed by atoms with Gasteiger partial charge < -0.3 is 14.7 Å². The van der Waals surface area contributed by atoms with Crippen LogP contribution in [-0.2, 0) is 16.1 Å². The number of carbonyl (C=O) groups is 2. The second-order valence-electron chi connectivity index (χ2n) is 6.60. The van der Waals surface area contributed by atoms with E-state index in [4.69, 9.17) is 11.6 Å². The Balaban J connectivity index is 2.04. The molecule has 0 aromatic heterocycles. The van der Waals surface area contributed by atoms with Gasteiger partial charge in [-0.2, -0.15) is 0 Å². The van der Waals surface area contributed by atoms with Gasteiger partial charge in [-0.15, -0.1) is 0 Å². The first-order chi connectivity index (χ1) is 11.8. The summed E-state index contributed by atoms with van der Waals surface area (Å²) in [5.74, 6) is -0.920. The molecule has 0 aliphatic carbocycles. The van der Waals surface area contributed by atoms with E-state index in [0.717, 1.165) is 6.54 Å². The summed E-state index contributed by atoms with van der Waals surface area (Å²) in [7, 11) is 3.89. The minimum Gasteiger partial charge on any atom is -0.341 e. The first kappa shape index (κ1) is 19.7. The van der Waals surface area contributed by atoms with Crippen molar-refractivity contribution in [3.05, 3.63) is 34.6 Å². The minimum absolute atomic E-state index is 0.000164. The molecule has 0 N–H and O–H groups in total. The molecule has 0 unspecified atom stereocenters. The first-order valence-corrected chi connectivity index (χ1v) is 8.85. The zero-order valence-corrected chi connectivity index (χ0v) is 15.7. The molecule has 1 aromatic rings. The molecule has 2 rings (SSSR count). The van der Waals surface area contributed by atoms with E-state index in [1.165, 1.54) is 12.1 Å². The van der Waals surface area contributed by atoms with E-state index >= 15 is 0 Å². The Kier molecular flexibility index (Phi) is 6.79. The van der Waals surface area contributed by atoms with Gasteiger partial charge in [-0.1, -0.05) is 17.7 Å². The molecule has 0 bridgehead atoms. The smallest absolute Gasteiger partial charge is 0.228 e. The van der Waals surface area contributed by atoms with Gasteiger partial charge in [-0.05, 0) is 33.2 Å². The SMILES string of the molecule is CCN(Cc1c(F)cccc1Cl)C(=O)[C@@H]1CC(=O)N(CCN(C)C)C1. The Bertz CT molecular complexity index is 618. The van der Waals surface area contributed by atoms with Crippen molar-refractivity contribution in [1.82, 2.24) is 14.7 Å². The van der Waals surface area contributed by atoms with Crippen molar-refractivity contribution in [2.24, 2.45) is 5.92 Å². The third-order valence-electron chi connectivity index (χ3n) is 4.48. The molecule has 1 aliphatic heterocycles. The van der Waals surface area contributed by atoms with Crippen molar-refractivity contribution in [2.75, 3.05) is 40.3 Å². The molecule has 138 valence electrons. The third-order valence-corrected chi connectivity index (χ3v) is 4.84. The van der Waals surface area contributed by atoms with Gasteiger partial charge in [-0.3, -0.25) is 9.59 Å². The zero-order valence-electron chi connectivity index (χ0n) is 15.0. The number of halogens is 2. The summed E-state index contributed by atoms with van der Waals surface area (Å²) in [4.78, 5) is 30.2. The van der Waals surface area contributed by atoms with Gasteiger partial charge in [0.05, 0.1) is 5.92 Å². The molecule has 0 saturated carbocycles. The van der Waals surface area contributed by atoms with Crippen LogP contribution in [0.25, 0.3) is 0 Å². The molecule has 1 aliphatic rings. The normalized spacial score (nSPS) is 17.4. The van der Waals surface area contributed by atoms with Crippen LogP contribution in [0.2, 0.25) is 5.02 Å². The van der Waals surface area contributed by atoms with Crippen LogP contribution in [0.4, 0.5) is 4.39 Å². The molecule has 25 heavy (non-hydrogen) atoms. The number of rotatable bonds is 7. The lowest BCUT2D eigenvalue weighted by Gasteiger charge is -2.25. The largest absolute Gasteiger partial charge is 0.341 e. The fraction of sp³-hybridized carbons (Fsp3) is 0.556. The van der Waals surface area contributed by atoms with Gasteiger partial charge in [-0.25, -0.2) is 4.39 Å². The lowest BCUT2D eigenvalue weighted by molar-refractivity contribution is -0.136. The molecule has 2 amide bonds. The predicted octanol–water partition coefficient (Wildman–Crippen LogP) is 2.24. The minimum atomic E-state index is -0.422. The summed E-state index contributed by atoms with van der Waals surface area (Å²) in [5, 5.41) is 0.307. The molecular weight excluding hydrogens is 345 g/mol. The Morgan fingerprint density at radius 2 is 2.12 bits per heavy atom. The van der Waals surface area contributed by atoms with Gasteiger partial charge >= 0.3 is 0 Å². The number of amides is 2. The van der Waals surface area contributed by atoms with Crippen LogP contribution in [0.15, 0.2) is 18.2 Å². The summed E-state index contributed by atoms with van der Waals surface area (Å²) in [6.45, 7) is 4.19. The maximum absolute atomic E-state index is 14.0. The van der Waals surface area contributed by atoms with Gasteiger partial charge in [0.25, 0.3) is 0 Å². The number of benzene rings is 1. The lowest BCUT2D eigenvalue weighted by Crippen LogP contribution is -2.38. The van der Waals surface area contributed by atoms with E-state index in [2.05, 4.69) is 0 Å². The summed E-state index contributed by atoms with van der Waals surface area (Å²) in [6.07, 6.45) is 0.216. The molecule has 5 nitrogen and oxygen atoms in total. The highest BCUT2D eigenvalue weighted by Gasteiger charge is 2.36. The fourth-order valence-electron chi connectivity index (χ4n) is 2.95. The maximum atomic E-state index is 14.0. The van der Waals surface area contributed by atoms with E-state index < -0.39 is 5.82 Å². The first-order valence-electron chi connectivity index (χ1n) is 8.47. The molecule has 7 heteroatoms. The van der Waals surface area contributed by atoms with Crippen LogP contribution in [0, 0.1) is 11.7 Å². The standard InChI is InChI=1S/C18H25ClFN3O2/c1-4-22(12-14-15(19)6-5-7-16(14)20)18(25)13-10-17(24)23(11-13)9-8-21(2)3/h5-7,13H,4,8-12H2,1-3H3/t13-/m1/s1. The van der Waals surface area contributed by atoms with Crippen LogP contribution < -0.4 is 0 Å². The summed E-state index contributed by atoms with van der Waals surface area (Å²) >= 11 is 6.07. The van der Waals surface area contributed by atoms with Crippen LogP contribution in [0.3, 0.4) is 0 Å². The number of nitrogens with zero attached hydrogens (tertiary/aromatic N) is 3. The quantitative estimate of drug-likeness (QED) is 0.740. The van der Waals surface area contributed by atoms with Gasteiger partial charge in [0.2, 0.25) is 11.8 Å². The Morgan fingerprint density at radius 1 is 1.40 bits per heavy atom. The second kappa shape index (κ2) is 8.63. The van der Waals surface area contributed by atoms with E-state index in [1.54, 1.807) is 15.9 Å². The molecule has 0 radical (unpaired) electrons. The van der Waals surface area contributed by atoms with Crippen molar-refractivity contribution in [3.8, 4) is 0 Å². The average Bonchev–Trinajstić information content (AvgIpc) is 2.93. The van der Waals surface area contributed by atoms with E-state index in [1.807, 2.05) is 25.9 Å². The Labute approximate surface area is 153 Å². The number of likely N-dealkylation sites (tertiary alicyclic amines) is 1. The monoisotopic (exact) mass is 369 g/mol. The van der Waals surface area contributed by atoms with Crippen LogP contribution in [0.5, 0.6) is 0 Å². The van der Waals surface area contributed by atoms with E-state index in [0.29, 0.717) is 30.2 Å². The van der Waals surface area contributed by atoms with E-state index in [-0.39, 0.29) is 30.7 Å². The molecule has 1 fully saturated rings. The van der Waals surface area contributed by atoms with Gasteiger partial charge in [0, 0.05) is 49.7 Å². The second-order valence-corrected chi connectivity index (χ2v) is 7.00.